The van der Waals surface area contributed by atoms with E-state index in [1.54, 1.807) is 0 Å². The van der Waals surface area contributed by atoms with Crippen molar-refractivity contribution in [2.45, 2.75) is 20.4 Å². The summed E-state index contributed by atoms with van der Waals surface area (Å²) in [6, 6.07) is 20.5. The minimum absolute atomic E-state index is 0.378. The summed E-state index contributed by atoms with van der Waals surface area (Å²) in [6.07, 6.45) is 0. The molecule has 0 amide bonds. The van der Waals surface area contributed by atoms with Gasteiger partial charge in [0.2, 0.25) is 0 Å². The standard InChI is InChI=1S/C23H27N3OS/c1-22-14-25(13-18-9-5-3-6-10-18)15-23(2,20(22)27)17-26(16-22)21(28)24-19-11-7-4-8-12-19/h3-12H,13-17H2,1-2H3,(H,24,28). The molecule has 28 heavy (non-hydrogen) atoms. The number of carbonyl (C=O) groups is 1. The molecule has 4 nitrogen and oxygen atoms in total. The Morgan fingerprint density at radius 2 is 1.46 bits per heavy atom. The highest BCUT2D eigenvalue weighted by atomic mass is 32.1. The van der Waals surface area contributed by atoms with Gasteiger partial charge in [0.1, 0.15) is 0 Å². The molecule has 2 aromatic rings. The average molecular weight is 394 g/mol. The number of anilines is 1. The van der Waals surface area contributed by atoms with Gasteiger partial charge in [0.25, 0.3) is 0 Å². The highest BCUT2D eigenvalue weighted by molar-refractivity contribution is 7.80. The van der Waals surface area contributed by atoms with Gasteiger partial charge in [-0.3, -0.25) is 9.69 Å². The number of rotatable bonds is 3. The molecule has 2 unspecified atom stereocenters. The van der Waals surface area contributed by atoms with Crippen LogP contribution in [0.1, 0.15) is 19.4 Å². The lowest BCUT2D eigenvalue weighted by atomic mass is 9.64. The van der Waals surface area contributed by atoms with Crippen LogP contribution in [0.4, 0.5) is 5.69 Å². The third kappa shape index (κ3) is 3.69. The van der Waals surface area contributed by atoms with Crippen molar-refractivity contribution < 1.29 is 4.79 Å². The zero-order valence-corrected chi connectivity index (χ0v) is 17.3. The minimum atomic E-state index is -0.414. The lowest BCUT2D eigenvalue weighted by molar-refractivity contribution is -0.154. The minimum Gasteiger partial charge on any atom is -0.347 e. The van der Waals surface area contributed by atoms with Crippen molar-refractivity contribution in [2.24, 2.45) is 10.8 Å². The fourth-order valence-electron chi connectivity index (χ4n) is 4.88. The Bertz CT molecular complexity index is 848. The summed E-state index contributed by atoms with van der Waals surface area (Å²) in [5.74, 6) is 0.378. The Morgan fingerprint density at radius 3 is 2.04 bits per heavy atom. The molecule has 146 valence electrons. The van der Waals surface area contributed by atoms with Crippen LogP contribution in [0.2, 0.25) is 0 Å². The van der Waals surface area contributed by atoms with Crippen molar-refractivity contribution in [3.05, 3.63) is 66.2 Å². The Kier molecular flexibility index (Phi) is 4.98. The summed E-state index contributed by atoms with van der Waals surface area (Å²) in [4.78, 5) is 17.9. The molecule has 2 heterocycles. The smallest absolute Gasteiger partial charge is 0.173 e. The van der Waals surface area contributed by atoms with E-state index in [4.69, 9.17) is 12.2 Å². The fourth-order valence-corrected chi connectivity index (χ4v) is 5.13. The average Bonchev–Trinajstić information content (AvgIpc) is 2.66. The second kappa shape index (κ2) is 7.30. The Morgan fingerprint density at radius 1 is 0.929 bits per heavy atom. The molecule has 2 aromatic carbocycles. The molecule has 0 saturated carbocycles. The molecule has 2 aliphatic rings. The number of likely N-dealkylation sites (tertiary alicyclic amines) is 2. The van der Waals surface area contributed by atoms with Crippen LogP contribution in [-0.2, 0) is 11.3 Å². The van der Waals surface area contributed by atoms with Crippen molar-refractivity contribution in [3.8, 4) is 0 Å². The highest BCUT2D eigenvalue weighted by Crippen LogP contribution is 2.42. The largest absolute Gasteiger partial charge is 0.347 e. The summed E-state index contributed by atoms with van der Waals surface area (Å²) >= 11 is 5.70. The van der Waals surface area contributed by atoms with E-state index in [-0.39, 0.29) is 0 Å². The number of nitrogens with zero attached hydrogens (tertiary/aromatic N) is 2. The number of hydrogen-bond donors (Lipinski definition) is 1. The number of hydrogen-bond acceptors (Lipinski definition) is 3. The second-order valence-corrected chi connectivity index (χ2v) is 9.12. The molecule has 0 aliphatic carbocycles. The van der Waals surface area contributed by atoms with Gasteiger partial charge in [0.15, 0.2) is 10.9 Å². The van der Waals surface area contributed by atoms with Crippen LogP contribution in [0.15, 0.2) is 60.7 Å². The fraction of sp³-hybridized carbons (Fsp3) is 0.391. The summed E-state index contributed by atoms with van der Waals surface area (Å²) in [5.41, 5.74) is 1.45. The van der Waals surface area contributed by atoms with Crippen LogP contribution in [0, 0.1) is 10.8 Å². The van der Waals surface area contributed by atoms with Crippen molar-refractivity contribution in [2.75, 3.05) is 31.5 Å². The van der Waals surface area contributed by atoms with E-state index >= 15 is 0 Å². The predicted molar refractivity (Wildman–Crippen MR) is 117 cm³/mol. The van der Waals surface area contributed by atoms with Crippen LogP contribution in [0.5, 0.6) is 0 Å². The summed E-state index contributed by atoms with van der Waals surface area (Å²) in [7, 11) is 0. The van der Waals surface area contributed by atoms with E-state index in [2.05, 4.69) is 53.2 Å². The first-order valence-corrected chi connectivity index (χ1v) is 10.2. The number of ketones is 1. The van der Waals surface area contributed by atoms with Gasteiger partial charge in [0, 0.05) is 38.4 Å². The monoisotopic (exact) mass is 393 g/mol. The van der Waals surface area contributed by atoms with E-state index in [1.807, 2.05) is 36.4 Å². The quantitative estimate of drug-likeness (QED) is 0.803. The normalized spacial score (nSPS) is 27.5. The predicted octanol–water partition coefficient (Wildman–Crippen LogP) is 3.80. The maximum atomic E-state index is 13.3. The molecule has 1 N–H and O–H groups in total. The van der Waals surface area contributed by atoms with Gasteiger partial charge in [-0.05, 0) is 43.8 Å². The zero-order chi connectivity index (χ0) is 19.8. The Hall–Kier alpha value is -2.24. The number of nitrogens with one attached hydrogen (secondary N) is 1. The van der Waals surface area contributed by atoms with Crippen LogP contribution in [0.3, 0.4) is 0 Å². The zero-order valence-electron chi connectivity index (χ0n) is 16.5. The Balaban J connectivity index is 1.51. The number of carbonyl (C=O) groups excluding carboxylic acids is 1. The van der Waals surface area contributed by atoms with E-state index in [9.17, 15) is 4.79 Å². The topological polar surface area (TPSA) is 35.6 Å². The third-order valence-corrected chi connectivity index (χ3v) is 6.24. The summed E-state index contributed by atoms with van der Waals surface area (Å²) < 4.78 is 0. The van der Waals surface area contributed by atoms with Crippen LogP contribution < -0.4 is 5.32 Å². The first kappa shape index (κ1) is 19.1. The molecule has 4 rings (SSSR count). The molecule has 2 fully saturated rings. The molecule has 0 aromatic heterocycles. The maximum Gasteiger partial charge on any atom is 0.173 e. The summed E-state index contributed by atoms with van der Waals surface area (Å²) in [6.45, 7) is 7.92. The first-order chi connectivity index (χ1) is 13.4. The molecule has 5 heteroatoms. The highest BCUT2D eigenvalue weighted by Gasteiger charge is 2.56. The SMILES string of the molecule is CC12CN(Cc3ccccc3)CC(C)(CN(C(=S)Nc3ccccc3)C1)C2=O. The van der Waals surface area contributed by atoms with Gasteiger partial charge in [-0.15, -0.1) is 0 Å². The van der Waals surface area contributed by atoms with Crippen LogP contribution in [-0.4, -0.2) is 46.9 Å². The molecule has 2 saturated heterocycles. The molecule has 2 aliphatic heterocycles. The van der Waals surface area contributed by atoms with Gasteiger partial charge in [0.05, 0.1) is 10.8 Å². The van der Waals surface area contributed by atoms with Crippen LogP contribution in [0.25, 0.3) is 0 Å². The van der Waals surface area contributed by atoms with Gasteiger partial charge in [-0.1, -0.05) is 48.5 Å². The molecular weight excluding hydrogens is 366 g/mol. The van der Waals surface area contributed by atoms with E-state index in [1.165, 1.54) is 5.56 Å². The van der Waals surface area contributed by atoms with Gasteiger partial charge >= 0.3 is 0 Å². The van der Waals surface area contributed by atoms with E-state index in [0.29, 0.717) is 24.0 Å². The second-order valence-electron chi connectivity index (χ2n) is 8.73. The van der Waals surface area contributed by atoms with Crippen molar-refractivity contribution in [1.82, 2.24) is 9.80 Å². The van der Waals surface area contributed by atoms with Crippen molar-refractivity contribution in [1.29, 1.82) is 0 Å². The van der Waals surface area contributed by atoms with Crippen LogP contribution >= 0.6 is 12.2 Å². The van der Waals surface area contributed by atoms with Gasteiger partial charge < -0.3 is 10.2 Å². The van der Waals surface area contributed by atoms with Crippen molar-refractivity contribution >= 4 is 28.8 Å². The number of para-hydroxylation sites is 1. The molecule has 2 atom stereocenters. The number of Topliss-reactive ketones (excluding diaryl/α,β-unsaturated/α-hetero) is 1. The molecule has 0 radical (unpaired) electrons. The van der Waals surface area contributed by atoms with E-state index < -0.39 is 10.8 Å². The number of benzene rings is 2. The number of piperidine rings is 2. The van der Waals surface area contributed by atoms with Gasteiger partial charge in [-0.2, -0.15) is 0 Å². The molecule has 2 bridgehead atoms. The summed E-state index contributed by atoms with van der Waals surface area (Å²) in [5, 5.41) is 4.04. The van der Waals surface area contributed by atoms with Gasteiger partial charge in [-0.25, -0.2) is 0 Å². The number of thiocarbonyl (C=S) groups is 1. The van der Waals surface area contributed by atoms with Crippen molar-refractivity contribution in [3.63, 3.8) is 0 Å². The molecular formula is C23H27N3OS. The first-order valence-electron chi connectivity index (χ1n) is 9.80. The lowest BCUT2D eigenvalue weighted by Gasteiger charge is -2.55. The maximum absolute atomic E-state index is 13.3. The Labute approximate surface area is 172 Å². The lowest BCUT2D eigenvalue weighted by Crippen LogP contribution is -2.69. The van der Waals surface area contributed by atoms with E-state index in [0.717, 1.165) is 25.3 Å². The molecule has 0 spiro atoms. The number of fused-ring (bicyclic) bond motifs is 2. The third-order valence-electron chi connectivity index (χ3n) is 5.88.